The van der Waals surface area contributed by atoms with Crippen molar-refractivity contribution in [1.82, 2.24) is 16.0 Å². The second-order valence-corrected chi connectivity index (χ2v) is 4.41. The number of carboxylic acids is 1. The minimum atomic E-state index is -0.885. The number of amides is 3. The van der Waals surface area contributed by atoms with Crippen molar-refractivity contribution in [2.45, 2.75) is 32.2 Å². The van der Waals surface area contributed by atoms with E-state index >= 15 is 0 Å². The molecule has 1 rings (SSSR count). The third-order valence-electron chi connectivity index (χ3n) is 2.88. The van der Waals surface area contributed by atoms with E-state index in [9.17, 15) is 14.4 Å². The summed E-state index contributed by atoms with van der Waals surface area (Å²) in [5.74, 6) is -1.55. The van der Waals surface area contributed by atoms with E-state index in [4.69, 9.17) is 5.11 Å². The third kappa shape index (κ3) is 4.60. The van der Waals surface area contributed by atoms with Crippen molar-refractivity contribution in [1.29, 1.82) is 0 Å². The molecule has 0 radical (unpaired) electrons. The van der Waals surface area contributed by atoms with Crippen LogP contribution in [0.3, 0.4) is 0 Å². The summed E-state index contributed by atoms with van der Waals surface area (Å²) < 4.78 is 0. The molecular weight excluding hydrogens is 238 g/mol. The van der Waals surface area contributed by atoms with E-state index in [0.29, 0.717) is 19.4 Å². The molecule has 7 heteroatoms. The predicted molar refractivity (Wildman–Crippen MR) is 64.0 cm³/mol. The fourth-order valence-corrected chi connectivity index (χ4v) is 1.64. The Morgan fingerprint density at radius 1 is 1.56 bits per heavy atom. The first-order valence-corrected chi connectivity index (χ1v) is 6.05. The summed E-state index contributed by atoms with van der Waals surface area (Å²) in [7, 11) is 0. The van der Waals surface area contributed by atoms with E-state index in [1.54, 1.807) is 6.92 Å². The fourth-order valence-electron chi connectivity index (χ4n) is 1.64. The molecular formula is C11H19N3O4. The van der Waals surface area contributed by atoms with Crippen LogP contribution in [0.5, 0.6) is 0 Å². The molecule has 0 aromatic carbocycles. The van der Waals surface area contributed by atoms with Crippen molar-refractivity contribution >= 4 is 17.9 Å². The van der Waals surface area contributed by atoms with Crippen molar-refractivity contribution in [3.8, 4) is 0 Å². The average Bonchev–Trinajstić information content (AvgIpc) is 2.32. The molecule has 1 heterocycles. The van der Waals surface area contributed by atoms with Gasteiger partial charge in [-0.15, -0.1) is 0 Å². The standard InChI is InChI=1S/C11H19N3O4/c1-7(10(16)17)4-6-13-11(18)14-8-3-2-5-12-9(8)15/h7-8H,2-6H2,1H3,(H,12,15)(H,16,17)(H2,13,14,18). The third-order valence-corrected chi connectivity index (χ3v) is 2.88. The van der Waals surface area contributed by atoms with Crippen LogP contribution < -0.4 is 16.0 Å². The van der Waals surface area contributed by atoms with Gasteiger partial charge in [-0.3, -0.25) is 9.59 Å². The molecule has 7 nitrogen and oxygen atoms in total. The first kappa shape index (κ1) is 14.3. The van der Waals surface area contributed by atoms with E-state index in [1.165, 1.54) is 0 Å². The van der Waals surface area contributed by atoms with Crippen molar-refractivity contribution in [2.75, 3.05) is 13.1 Å². The van der Waals surface area contributed by atoms with Crippen LogP contribution in [0.1, 0.15) is 26.2 Å². The normalized spacial score (nSPS) is 20.7. The van der Waals surface area contributed by atoms with Crippen LogP contribution in [0.4, 0.5) is 4.79 Å². The molecule has 102 valence electrons. The Bertz CT molecular complexity index is 332. The van der Waals surface area contributed by atoms with Gasteiger partial charge in [-0.2, -0.15) is 0 Å². The zero-order chi connectivity index (χ0) is 13.5. The predicted octanol–water partition coefficient (Wildman–Crippen LogP) is -0.325. The molecule has 0 aliphatic carbocycles. The highest BCUT2D eigenvalue weighted by atomic mass is 16.4. The summed E-state index contributed by atoms with van der Waals surface area (Å²) >= 11 is 0. The molecule has 1 saturated heterocycles. The maximum atomic E-state index is 11.5. The Balaban J connectivity index is 2.21. The highest BCUT2D eigenvalue weighted by Gasteiger charge is 2.23. The van der Waals surface area contributed by atoms with Gasteiger partial charge in [-0.05, 0) is 19.3 Å². The molecule has 4 N–H and O–H groups in total. The molecule has 1 aliphatic rings. The van der Waals surface area contributed by atoms with E-state index in [0.717, 1.165) is 6.42 Å². The van der Waals surface area contributed by atoms with E-state index in [1.807, 2.05) is 0 Å². The lowest BCUT2D eigenvalue weighted by molar-refractivity contribution is -0.141. The smallest absolute Gasteiger partial charge is 0.315 e. The molecule has 0 spiro atoms. The van der Waals surface area contributed by atoms with Gasteiger partial charge in [0.1, 0.15) is 6.04 Å². The van der Waals surface area contributed by atoms with Gasteiger partial charge in [0.2, 0.25) is 5.91 Å². The molecule has 2 atom stereocenters. The van der Waals surface area contributed by atoms with Crippen LogP contribution in [0.25, 0.3) is 0 Å². The van der Waals surface area contributed by atoms with Crippen LogP contribution in [-0.4, -0.2) is 42.1 Å². The molecule has 0 aromatic rings. The molecule has 0 saturated carbocycles. The number of carbonyl (C=O) groups is 3. The number of piperidine rings is 1. The number of urea groups is 1. The van der Waals surface area contributed by atoms with Crippen LogP contribution in [0, 0.1) is 5.92 Å². The summed E-state index contributed by atoms with van der Waals surface area (Å²) in [4.78, 5) is 33.4. The summed E-state index contributed by atoms with van der Waals surface area (Å²) in [5, 5.41) is 16.4. The van der Waals surface area contributed by atoms with E-state index in [-0.39, 0.29) is 12.5 Å². The number of carbonyl (C=O) groups excluding carboxylic acids is 2. The van der Waals surface area contributed by atoms with Gasteiger partial charge in [0, 0.05) is 13.1 Å². The summed E-state index contributed by atoms with van der Waals surface area (Å²) in [6.45, 7) is 2.50. The SMILES string of the molecule is CC(CCNC(=O)NC1CCCNC1=O)C(=O)O. The minimum absolute atomic E-state index is 0.171. The second-order valence-electron chi connectivity index (χ2n) is 4.41. The van der Waals surface area contributed by atoms with Gasteiger partial charge in [0.15, 0.2) is 0 Å². The summed E-state index contributed by atoms with van der Waals surface area (Å²) in [6.07, 6.45) is 1.83. The number of hydrogen-bond donors (Lipinski definition) is 4. The van der Waals surface area contributed by atoms with Gasteiger partial charge < -0.3 is 21.1 Å². The van der Waals surface area contributed by atoms with Gasteiger partial charge in [0.25, 0.3) is 0 Å². The molecule has 0 bridgehead atoms. The van der Waals surface area contributed by atoms with Crippen molar-refractivity contribution in [2.24, 2.45) is 5.92 Å². The number of hydrogen-bond acceptors (Lipinski definition) is 3. The molecule has 2 unspecified atom stereocenters. The Morgan fingerprint density at radius 3 is 2.89 bits per heavy atom. The maximum absolute atomic E-state index is 11.5. The van der Waals surface area contributed by atoms with Crippen molar-refractivity contribution < 1.29 is 19.5 Å². The lowest BCUT2D eigenvalue weighted by Gasteiger charge is -2.22. The Labute approximate surface area is 105 Å². The highest BCUT2D eigenvalue weighted by Crippen LogP contribution is 2.03. The first-order valence-electron chi connectivity index (χ1n) is 6.05. The van der Waals surface area contributed by atoms with Crippen LogP contribution in [-0.2, 0) is 9.59 Å². The molecule has 18 heavy (non-hydrogen) atoms. The van der Waals surface area contributed by atoms with Crippen LogP contribution in [0.2, 0.25) is 0 Å². The van der Waals surface area contributed by atoms with Gasteiger partial charge >= 0.3 is 12.0 Å². The topological polar surface area (TPSA) is 108 Å². The van der Waals surface area contributed by atoms with Crippen molar-refractivity contribution in [3.05, 3.63) is 0 Å². The quantitative estimate of drug-likeness (QED) is 0.541. The van der Waals surface area contributed by atoms with Crippen LogP contribution in [0.15, 0.2) is 0 Å². The summed E-state index contributed by atoms with van der Waals surface area (Å²) in [5.41, 5.74) is 0. The summed E-state index contributed by atoms with van der Waals surface area (Å²) in [6, 6.07) is -0.926. The number of rotatable bonds is 5. The number of aliphatic carboxylic acids is 1. The highest BCUT2D eigenvalue weighted by molar-refractivity contribution is 5.87. The largest absolute Gasteiger partial charge is 0.481 e. The Kier molecular flexibility index (Phi) is 5.41. The average molecular weight is 257 g/mol. The van der Waals surface area contributed by atoms with Gasteiger partial charge in [0.05, 0.1) is 5.92 Å². The van der Waals surface area contributed by atoms with Crippen molar-refractivity contribution in [3.63, 3.8) is 0 Å². The first-order chi connectivity index (χ1) is 8.50. The van der Waals surface area contributed by atoms with E-state index in [2.05, 4.69) is 16.0 Å². The lowest BCUT2D eigenvalue weighted by atomic mass is 10.1. The van der Waals surface area contributed by atoms with Gasteiger partial charge in [-0.1, -0.05) is 6.92 Å². The minimum Gasteiger partial charge on any atom is -0.481 e. The molecule has 1 aliphatic heterocycles. The molecule has 0 aromatic heterocycles. The second kappa shape index (κ2) is 6.83. The van der Waals surface area contributed by atoms with Gasteiger partial charge in [-0.25, -0.2) is 4.79 Å². The molecule has 3 amide bonds. The Morgan fingerprint density at radius 2 is 2.28 bits per heavy atom. The fraction of sp³-hybridized carbons (Fsp3) is 0.727. The maximum Gasteiger partial charge on any atom is 0.315 e. The molecule has 1 fully saturated rings. The Hall–Kier alpha value is -1.79. The zero-order valence-corrected chi connectivity index (χ0v) is 10.4. The lowest BCUT2D eigenvalue weighted by Crippen LogP contribution is -2.52. The van der Waals surface area contributed by atoms with E-state index < -0.39 is 24.0 Å². The van der Waals surface area contributed by atoms with Crippen LogP contribution >= 0.6 is 0 Å². The number of nitrogens with one attached hydrogen (secondary N) is 3. The monoisotopic (exact) mass is 257 g/mol. The zero-order valence-electron chi connectivity index (χ0n) is 10.4. The number of carboxylic acid groups (broad SMARTS) is 1.